The van der Waals surface area contributed by atoms with Crippen molar-refractivity contribution in [3.05, 3.63) is 30.2 Å². The van der Waals surface area contributed by atoms with Crippen LogP contribution in [0, 0.1) is 0 Å². The van der Waals surface area contributed by atoms with Gasteiger partial charge >= 0.3 is 0 Å². The molecule has 5 heteroatoms. The Morgan fingerprint density at radius 2 is 2.06 bits per heavy atom. The van der Waals surface area contributed by atoms with Gasteiger partial charge in [-0.25, -0.2) is 0 Å². The molecular weight excluding hydrogens is 232 g/mol. The average Bonchev–Trinajstić information content (AvgIpc) is 2.98. The second-order valence-electron chi connectivity index (χ2n) is 4.58. The van der Waals surface area contributed by atoms with Gasteiger partial charge in [-0.3, -0.25) is 0 Å². The van der Waals surface area contributed by atoms with Crippen LogP contribution in [0.5, 0.6) is 5.75 Å². The summed E-state index contributed by atoms with van der Waals surface area (Å²) in [6.07, 6.45) is 1.16. The van der Waals surface area contributed by atoms with Crippen molar-refractivity contribution in [2.75, 3.05) is 6.61 Å². The maximum Gasteiger partial charge on any atom is 0.232 e. The maximum absolute atomic E-state index is 9.23. The number of benzene rings is 1. The van der Waals surface area contributed by atoms with Crippen LogP contribution < -0.4 is 0 Å². The molecule has 5 nitrogen and oxygen atoms in total. The quantitative estimate of drug-likeness (QED) is 0.880. The molecule has 1 aromatic heterocycles. The Morgan fingerprint density at radius 3 is 2.72 bits per heavy atom. The van der Waals surface area contributed by atoms with E-state index < -0.39 is 0 Å². The second-order valence-corrected chi connectivity index (χ2v) is 4.58. The number of ether oxygens (including phenoxy) is 1. The molecule has 0 saturated carbocycles. The summed E-state index contributed by atoms with van der Waals surface area (Å²) < 4.78 is 10.8. The van der Waals surface area contributed by atoms with E-state index in [0.717, 1.165) is 12.0 Å². The molecule has 2 heterocycles. The first-order chi connectivity index (χ1) is 8.72. The van der Waals surface area contributed by atoms with Crippen molar-refractivity contribution >= 4 is 0 Å². The largest absolute Gasteiger partial charge is 0.508 e. The van der Waals surface area contributed by atoms with Gasteiger partial charge in [-0.15, -0.1) is 0 Å². The van der Waals surface area contributed by atoms with Gasteiger partial charge in [0.15, 0.2) is 0 Å². The van der Waals surface area contributed by atoms with Crippen LogP contribution in [0.25, 0.3) is 11.4 Å². The third-order valence-electron chi connectivity index (χ3n) is 3.11. The Balaban J connectivity index is 1.83. The number of phenolic OH excluding ortho intramolecular Hbond substituents is 1. The molecule has 2 aromatic rings. The fourth-order valence-electron chi connectivity index (χ4n) is 2.12. The van der Waals surface area contributed by atoms with E-state index in [1.807, 2.05) is 6.92 Å². The van der Waals surface area contributed by atoms with Gasteiger partial charge in [0.25, 0.3) is 0 Å². The van der Waals surface area contributed by atoms with E-state index in [-0.39, 0.29) is 17.8 Å². The lowest BCUT2D eigenvalue weighted by molar-refractivity contribution is 0.122. The lowest BCUT2D eigenvalue weighted by atomic mass is 10.1. The Kier molecular flexibility index (Phi) is 2.76. The molecular formula is C13H14N2O3. The highest BCUT2D eigenvalue weighted by Gasteiger charge is 2.28. The topological polar surface area (TPSA) is 68.4 Å². The van der Waals surface area contributed by atoms with Gasteiger partial charge in [-0.2, -0.15) is 4.98 Å². The maximum atomic E-state index is 9.23. The van der Waals surface area contributed by atoms with E-state index in [2.05, 4.69) is 10.1 Å². The van der Waals surface area contributed by atoms with E-state index in [9.17, 15) is 5.11 Å². The van der Waals surface area contributed by atoms with Crippen LogP contribution in [-0.4, -0.2) is 28.0 Å². The molecule has 0 bridgehead atoms. The summed E-state index contributed by atoms with van der Waals surface area (Å²) in [5.41, 5.74) is 0.828. The van der Waals surface area contributed by atoms with E-state index in [4.69, 9.17) is 9.26 Å². The summed E-state index contributed by atoms with van der Waals surface area (Å²) >= 11 is 0. The smallest absolute Gasteiger partial charge is 0.232 e. The molecule has 0 radical (unpaired) electrons. The first kappa shape index (κ1) is 11.2. The molecule has 2 unspecified atom stereocenters. The summed E-state index contributed by atoms with van der Waals surface area (Å²) in [4.78, 5) is 4.39. The van der Waals surface area contributed by atoms with Crippen LogP contribution in [0.2, 0.25) is 0 Å². The normalized spacial score (nSPS) is 23.4. The number of aromatic nitrogens is 2. The minimum atomic E-state index is 0.193. The van der Waals surface area contributed by atoms with Crippen LogP contribution in [0.1, 0.15) is 25.2 Å². The predicted octanol–water partition coefficient (Wildman–Crippen LogP) is 2.33. The highest BCUT2D eigenvalue weighted by atomic mass is 16.5. The Morgan fingerprint density at radius 1 is 1.28 bits per heavy atom. The lowest BCUT2D eigenvalue weighted by Crippen LogP contribution is -1.98. The van der Waals surface area contributed by atoms with Crippen LogP contribution >= 0.6 is 0 Å². The molecule has 1 saturated heterocycles. The fraction of sp³-hybridized carbons (Fsp3) is 0.385. The van der Waals surface area contributed by atoms with Crippen LogP contribution in [0.3, 0.4) is 0 Å². The molecule has 1 aliphatic heterocycles. The third-order valence-corrected chi connectivity index (χ3v) is 3.11. The molecule has 1 aliphatic rings. The van der Waals surface area contributed by atoms with Crippen LogP contribution in [0.4, 0.5) is 0 Å². The number of hydrogen-bond donors (Lipinski definition) is 1. The number of hydrogen-bond acceptors (Lipinski definition) is 5. The Labute approximate surface area is 104 Å². The van der Waals surface area contributed by atoms with Gasteiger partial charge in [0.1, 0.15) is 5.75 Å². The number of aromatic hydroxyl groups is 1. The minimum Gasteiger partial charge on any atom is -0.508 e. The van der Waals surface area contributed by atoms with Crippen LogP contribution in [-0.2, 0) is 4.74 Å². The van der Waals surface area contributed by atoms with Crippen molar-refractivity contribution < 1.29 is 14.4 Å². The van der Waals surface area contributed by atoms with Crippen molar-refractivity contribution in [2.24, 2.45) is 0 Å². The molecule has 0 amide bonds. The summed E-state index contributed by atoms with van der Waals surface area (Å²) in [5.74, 6) is 1.59. The molecule has 2 atom stereocenters. The van der Waals surface area contributed by atoms with E-state index >= 15 is 0 Å². The SMILES string of the molecule is CC1CC(c2nc(-c3ccc(O)cc3)no2)CO1. The van der Waals surface area contributed by atoms with Crippen molar-refractivity contribution in [1.82, 2.24) is 10.1 Å². The van der Waals surface area contributed by atoms with Gasteiger partial charge < -0.3 is 14.4 Å². The molecule has 1 N–H and O–H groups in total. The average molecular weight is 246 g/mol. The van der Waals surface area contributed by atoms with Crippen LogP contribution in [0.15, 0.2) is 28.8 Å². The predicted molar refractivity (Wildman–Crippen MR) is 64.2 cm³/mol. The van der Waals surface area contributed by atoms with Gasteiger partial charge in [0.2, 0.25) is 11.7 Å². The minimum absolute atomic E-state index is 0.193. The number of rotatable bonds is 2. The summed E-state index contributed by atoms with van der Waals surface area (Å²) in [7, 11) is 0. The molecule has 1 fully saturated rings. The number of phenols is 1. The first-order valence-electron chi connectivity index (χ1n) is 5.97. The monoisotopic (exact) mass is 246 g/mol. The van der Waals surface area contributed by atoms with Gasteiger partial charge in [-0.05, 0) is 37.6 Å². The lowest BCUT2D eigenvalue weighted by Gasteiger charge is -1.98. The third kappa shape index (κ3) is 2.09. The molecule has 3 rings (SSSR count). The van der Waals surface area contributed by atoms with E-state index in [1.54, 1.807) is 24.3 Å². The zero-order chi connectivity index (χ0) is 12.5. The number of nitrogens with zero attached hydrogens (tertiary/aromatic N) is 2. The van der Waals surface area contributed by atoms with Crippen molar-refractivity contribution in [2.45, 2.75) is 25.4 Å². The highest BCUT2D eigenvalue weighted by Crippen LogP contribution is 2.29. The Bertz CT molecular complexity index is 535. The van der Waals surface area contributed by atoms with Crippen molar-refractivity contribution in [1.29, 1.82) is 0 Å². The zero-order valence-electron chi connectivity index (χ0n) is 10.0. The standard InChI is InChI=1S/C13H14N2O3/c1-8-6-10(7-17-8)13-14-12(15-18-13)9-2-4-11(16)5-3-9/h2-5,8,10,16H,6-7H2,1H3. The van der Waals surface area contributed by atoms with Gasteiger partial charge in [0.05, 0.1) is 18.6 Å². The summed E-state index contributed by atoms with van der Waals surface area (Å²) in [6.45, 7) is 2.68. The molecule has 0 aliphatic carbocycles. The first-order valence-corrected chi connectivity index (χ1v) is 5.97. The summed E-state index contributed by atoms with van der Waals surface area (Å²) in [6, 6.07) is 6.73. The molecule has 0 spiro atoms. The van der Waals surface area contributed by atoms with Gasteiger partial charge in [-0.1, -0.05) is 5.16 Å². The van der Waals surface area contributed by atoms with E-state index in [0.29, 0.717) is 18.3 Å². The van der Waals surface area contributed by atoms with Crippen molar-refractivity contribution in [3.8, 4) is 17.1 Å². The highest BCUT2D eigenvalue weighted by molar-refractivity contribution is 5.55. The van der Waals surface area contributed by atoms with Gasteiger partial charge in [0, 0.05) is 5.56 Å². The van der Waals surface area contributed by atoms with E-state index in [1.165, 1.54) is 0 Å². The van der Waals surface area contributed by atoms with Crippen molar-refractivity contribution in [3.63, 3.8) is 0 Å². The molecule has 18 heavy (non-hydrogen) atoms. The molecule has 94 valence electrons. The Hall–Kier alpha value is -1.88. The fourth-order valence-corrected chi connectivity index (χ4v) is 2.12. The molecule has 1 aromatic carbocycles. The zero-order valence-corrected chi connectivity index (χ0v) is 10.0. The second kappa shape index (κ2) is 4.42. The summed E-state index contributed by atoms with van der Waals surface area (Å²) in [5, 5.41) is 13.2.